The molecule has 0 spiro atoms. The first-order chi connectivity index (χ1) is 15.0. The van der Waals surface area contributed by atoms with Crippen LogP contribution in [0.5, 0.6) is 0 Å². The van der Waals surface area contributed by atoms with E-state index in [-0.39, 0.29) is 29.0 Å². The Morgan fingerprint density at radius 2 is 1.68 bits per heavy atom. The van der Waals surface area contributed by atoms with Gasteiger partial charge in [0.2, 0.25) is 10.0 Å². The molecular weight excluding hydrogens is 412 g/mol. The molecule has 0 aromatic heterocycles. The first-order valence-electron chi connectivity index (χ1n) is 10.2. The third kappa shape index (κ3) is 5.38. The van der Waals surface area contributed by atoms with E-state index in [1.165, 1.54) is 12.1 Å². The lowest BCUT2D eigenvalue weighted by atomic mass is 10.1. The Balaban J connectivity index is 1.43. The Kier molecular flexibility index (Phi) is 6.46. The molecule has 1 amide bonds. The molecule has 1 heterocycles. The Morgan fingerprint density at radius 1 is 0.935 bits per heavy atom. The molecule has 3 aromatic rings. The standard InChI is InChI=1S/C24H24N2O4S/c27-24(26-21-13-11-19(12-14-21)18-6-2-1-3-7-18)20-8-4-10-23(16-20)31(28,29)25-17-22-9-5-15-30-22/h1-4,6-8,10-14,16,22,25H,5,9,15,17H2,(H,26,27)/t22-/m0/s1. The van der Waals surface area contributed by atoms with Gasteiger partial charge in [0.25, 0.3) is 5.91 Å². The van der Waals surface area contributed by atoms with Crippen LogP contribution in [-0.2, 0) is 14.8 Å². The molecule has 0 aliphatic carbocycles. The van der Waals surface area contributed by atoms with Gasteiger partial charge in [0.15, 0.2) is 0 Å². The van der Waals surface area contributed by atoms with Gasteiger partial charge >= 0.3 is 0 Å². The van der Waals surface area contributed by atoms with Gasteiger partial charge in [-0.1, -0.05) is 48.5 Å². The van der Waals surface area contributed by atoms with Gasteiger partial charge in [-0.25, -0.2) is 13.1 Å². The summed E-state index contributed by atoms with van der Waals surface area (Å²) in [6.45, 7) is 0.890. The van der Waals surface area contributed by atoms with Gasteiger partial charge in [0.1, 0.15) is 0 Å². The highest BCUT2D eigenvalue weighted by atomic mass is 32.2. The average molecular weight is 437 g/mol. The summed E-state index contributed by atoms with van der Waals surface area (Å²) < 4.78 is 33.2. The number of amides is 1. The number of benzene rings is 3. The van der Waals surface area contributed by atoms with Crippen LogP contribution in [0.4, 0.5) is 5.69 Å². The molecule has 7 heteroatoms. The van der Waals surface area contributed by atoms with Crippen LogP contribution < -0.4 is 10.0 Å². The van der Waals surface area contributed by atoms with Crippen molar-refractivity contribution < 1.29 is 17.9 Å². The van der Waals surface area contributed by atoms with Crippen molar-refractivity contribution in [2.75, 3.05) is 18.5 Å². The van der Waals surface area contributed by atoms with Gasteiger partial charge in [0, 0.05) is 24.4 Å². The average Bonchev–Trinajstić information content (AvgIpc) is 3.33. The minimum atomic E-state index is -3.72. The predicted octanol–water partition coefficient (Wildman–Crippen LogP) is 4.06. The molecule has 1 aliphatic rings. The third-order valence-corrected chi connectivity index (χ3v) is 6.60. The van der Waals surface area contributed by atoms with Gasteiger partial charge < -0.3 is 10.1 Å². The molecule has 1 atom stereocenters. The molecule has 1 fully saturated rings. The molecule has 2 N–H and O–H groups in total. The molecule has 6 nitrogen and oxygen atoms in total. The van der Waals surface area contributed by atoms with E-state index in [9.17, 15) is 13.2 Å². The van der Waals surface area contributed by atoms with Gasteiger partial charge in [-0.2, -0.15) is 0 Å². The monoisotopic (exact) mass is 436 g/mol. The number of ether oxygens (including phenoxy) is 1. The minimum Gasteiger partial charge on any atom is -0.377 e. The fourth-order valence-corrected chi connectivity index (χ4v) is 4.59. The topological polar surface area (TPSA) is 84.5 Å². The fourth-order valence-electron chi connectivity index (χ4n) is 3.48. The summed E-state index contributed by atoms with van der Waals surface area (Å²) in [4.78, 5) is 12.7. The highest BCUT2D eigenvalue weighted by molar-refractivity contribution is 7.89. The van der Waals surface area contributed by atoms with Crippen molar-refractivity contribution in [3.05, 3.63) is 84.4 Å². The van der Waals surface area contributed by atoms with Crippen molar-refractivity contribution in [3.63, 3.8) is 0 Å². The van der Waals surface area contributed by atoms with Crippen molar-refractivity contribution >= 4 is 21.6 Å². The number of sulfonamides is 1. The number of anilines is 1. The largest absolute Gasteiger partial charge is 0.377 e. The number of carbonyl (C=O) groups is 1. The molecule has 4 rings (SSSR count). The zero-order chi connectivity index (χ0) is 21.7. The Morgan fingerprint density at radius 3 is 2.39 bits per heavy atom. The zero-order valence-corrected chi connectivity index (χ0v) is 17.8. The number of hydrogen-bond donors (Lipinski definition) is 2. The van der Waals surface area contributed by atoms with Crippen LogP contribution in [-0.4, -0.2) is 33.6 Å². The number of hydrogen-bond acceptors (Lipinski definition) is 4. The van der Waals surface area contributed by atoms with Crippen molar-refractivity contribution in [3.8, 4) is 11.1 Å². The summed E-state index contributed by atoms with van der Waals surface area (Å²) in [6, 6.07) is 23.5. The van der Waals surface area contributed by atoms with Crippen molar-refractivity contribution in [1.82, 2.24) is 4.72 Å². The van der Waals surface area contributed by atoms with Crippen LogP contribution in [0.25, 0.3) is 11.1 Å². The fraction of sp³-hybridized carbons (Fsp3) is 0.208. The highest BCUT2D eigenvalue weighted by Crippen LogP contribution is 2.22. The highest BCUT2D eigenvalue weighted by Gasteiger charge is 2.21. The van der Waals surface area contributed by atoms with Crippen molar-refractivity contribution in [2.45, 2.75) is 23.8 Å². The normalized spacial score (nSPS) is 16.2. The van der Waals surface area contributed by atoms with Crippen LogP contribution in [0.2, 0.25) is 0 Å². The van der Waals surface area contributed by atoms with E-state index in [4.69, 9.17) is 4.74 Å². The third-order valence-electron chi connectivity index (χ3n) is 5.18. The van der Waals surface area contributed by atoms with Crippen LogP contribution in [0.3, 0.4) is 0 Å². The van der Waals surface area contributed by atoms with Crippen LogP contribution in [0.15, 0.2) is 83.8 Å². The summed E-state index contributed by atoms with van der Waals surface area (Å²) >= 11 is 0. The van der Waals surface area contributed by atoms with Gasteiger partial charge in [-0.15, -0.1) is 0 Å². The van der Waals surface area contributed by atoms with Gasteiger partial charge in [0.05, 0.1) is 11.0 Å². The summed E-state index contributed by atoms with van der Waals surface area (Å²) in [6.07, 6.45) is 1.68. The van der Waals surface area contributed by atoms with E-state index >= 15 is 0 Å². The molecule has 0 radical (unpaired) electrons. The van der Waals surface area contributed by atoms with E-state index in [1.807, 2.05) is 54.6 Å². The van der Waals surface area contributed by atoms with E-state index in [1.54, 1.807) is 12.1 Å². The molecule has 31 heavy (non-hydrogen) atoms. The lowest BCUT2D eigenvalue weighted by Crippen LogP contribution is -2.32. The van der Waals surface area contributed by atoms with Crippen molar-refractivity contribution in [2.24, 2.45) is 0 Å². The lowest BCUT2D eigenvalue weighted by molar-refractivity contribution is 0.102. The van der Waals surface area contributed by atoms with E-state index in [0.29, 0.717) is 12.3 Å². The number of rotatable bonds is 7. The minimum absolute atomic E-state index is 0.0533. The zero-order valence-electron chi connectivity index (χ0n) is 17.0. The molecule has 0 bridgehead atoms. The molecule has 0 saturated carbocycles. The summed E-state index contributed by atoms with van der Waals surface area (Å²) in [7, 11) is -3.72. The van der Waals surface area contributed by atoms with Crippen LogP contribution in [0.1, 0.15) is 23.2 Å². The van der Waals surface area contributed by atoms with Crippen LogP contribution in [0, 0.1) is 0 Å². The van der Waals surface area contributed by atoms with E-state index in [0.717, 1.165) is 24.0 Å². The smallest absolute Gasteiger partial charge is 0.255 e. The predicted molar refractivity (Wildman–Crippen MR) is 120 cm³/mol. The Labute approximate surface area is 182 Å². The number of carbonyl (C=O) groups excluding carboxylic acids is 1. The summed E-state index contributed by atoms with van der Waals surface area (Å²) in [5.74, 6) is -0.372. The molecule has 160 valence electrons. The summed E-state index contributed by atoms with van der Waals surface area (Å²) in [5, 5.41) is 2.82. The summed E-state index contributed by atoms with van der Waals surface area (Å²) in [5.41, 5.74) is 3.04. The quantitative estimate of drug-likeness (QED) is 0.585. The second-order valence-corrected chi connectivity index (χ2v) is 9.18. The molecule has 3 aromatic carbocycles. The SMILES string of the molecule is O=C(Nc1ccc(-c2ccccc2)cc1)c1cccc(S(=O)(=O)NC[C@@H]2CCCO2)c1. The van der Waals surface area contributed by atoms with Gasteiger partial charge in [-0.05, 0) is 54.3 Å². The first-order valence-corrected chi connectivity index (χ1v) is 11.7. The maximum absolute atomic E-state index is 12.7. The first kappa shape index (κ1) is 21.2. The second-order valence-electron chi connectivity index (χ2n) is 7.41. The Bertz CT molecular complexity index is 1140. The molecule has 1 aliphatic heterocycles. The lowest BCUT2D eigenvalue weighted by Gasteiger charge is -2.12. The molecular formula is C24H24N2O4S. The van der Waals surface area contributed by atoms with E-state index < -0.39 is 10.0 Å². The molecule has 0 unspecified atom stereocenters. The van der Waals surface area contributed by atoms with Crippen molar-refractivity contribution in [1.29, 1.82) is 0 Å². The maximum atomic E-state index is 12.7. The Hall–Kier alpha value is -3.00. The molecule has 1 saturated heterocycles. The van der Waals surface area contributed by atoms with Gasteiger partial charge in [-0.3, -0.25) is 4.79 Å². The maximum Gasteiger partial charge on any atom is 0.255 e. The van der Waals surface area contributed by atoms with Crippen LogP contribution >= 0.6 is 0 Å². The number of nitrogens with one attached hydrogen (secondary N) is 2. The van der Waals surface area contributed by atoms with E-state index in [2.05, 4.69) is 10.0 Å². The second kappa shape index (κ2) is 9.43.